The van der Waals surface area contributed by atoms with Crippen molar-refractivity contribution in [2.45, 2.75) is 25.4 Å². The highest BCUT2D eigenvalue weighted by molar-refractivity contribution is 9.10. The molecule has 0 aliphatic heterocycles. The number of hydrogen-bond donors (Lipinski definition) is 1. The van der Waals surface area contributed by atoms with Crippen molar-refractivity contribution in [2.75, 3.05) is 11.6 Å². The third-order valence-electron chi connectivity index (χ3n) is 4.53. The molecule has 1 amide bonds. The van der Waals surface area contributed by atoms with Crippen molar-refractivity contribution in [1.82, 2.24) is 29.4 Å². The smallest absolute Gasteiger partial charge is 0.253 e. The van der Waals surface area contributed by atoms with Crippen LogP contribution in [0.15, 0.2) is 46.3 Å². The van der Waals surface area contributed by atoms with Crippen LogP contribution in [0.3, 0.4) is 0 Å². The number of amides is 1. The molecule has 0 radical (unpaired) electrons. The van der Waals surface area contributed by atoms with Crippen molar-refractivity contribution in [2.24, 2.45) is 0 Å². The van der Waals surface area contributed by atoms with Crippen molar-refractivity contribution in [3.63, 3.8) is 0 Å². The van der Waals surface area contributed by atoms with Gasteiger partial charge in [-0.2, -0.15) is 10.1 Å². The molecule has 3 heterocycles. The van der Waals surface area contributed by atoms with E-state index in [4.69, 9.17) is 0 Å². The van der Waals surface area contributed by atoms with Crippen LogP contribution in [0.2, 0.25) is 0 Å². The lowest BCUT2D eigenvalue weighted by atomic mass is 10.1. The number of aryl methyl sites for hydroxylation is 2. The van der Waals surface area contributed by atoms with Gasteiger partial charge in [0.15, 0.2) is 0 Å². The van der Waals surface area contributed by atoms with Crippen molar-refractivity contribution in [3.05, 3.63) is 58.1 Å². The third-order valence-corrected chi connectivity index (χ3v) is 5.56. The Morgan fingerprint density at radius 3 is 2.83 bits per heavy atom. The van der Waals surface area contributed by atoms with Crippen LogP contribution in [0.1, 0.15) is 17.0 Å². The minimum atomic E-state index is -0.144. The second kappa shape index (κ2) is 7.96. The molecule has 4 rings (SSSR count). The predicted octanol–water partition coefficient (Wildman–Crippen LogP) is 3.59. The van der Waals surface area contributed by atoms with Crippen LogP contribution in [0.4, 0.5) is 5.69 Å². The van der Waals surface area contributed by atoms with Crippen LogP contribution in [-0.4, -0.2) is 41.5 Å². The summed E-state index contributed by atoms with van der Waals surface area (Å²) in [6, 6.07) is 7.50. The number of nitrogens with one attached hydrogen (secondary N) is 1. The van der Waals surface area contributed by atoms with Crippen LogP contribution in [0, 0.1) is 13.8 Å². The lowest BCUT2D eigenvalue weighted by molar-refractivity contribution is -0.115. The molecule has 1 aromatic carbocycles. The number of halogens is 1. The lowest BCUT2D eigenvalue weighted by Crippen LogP contribution is -2.19. The summed E-state index contributed by atoms with van der Waals surface area (Å²) in [7, 11) is 0. The van der Waals surface area contributed by atoms with E-state index in [0.29, 0.717) is 16.6 Å². The van der Waals surface area contributed by atoms with Crippen molar-refractivity contribution in [3.8, 4) is 5.69 Å². The molecule has 0 saturated heterocycles. The van der Waals surface area contributed by atoms with Crippen LogP contribution >= 0.6 is 27.7 Å². The highest BCUT2D eigenvalue weighted by Crippen LogP contribution is 2.25. The van der Waals surface area contributed by atoms with E-state index in [9.17, 15) is 4.79 Å². The molecule has 29 heavy (non-hydrogen) atoms. The Labute approximate surface area is 179 Å². The van der Waals surface area contributed by atoms with Crippen molar-refractivity contribution in [1.29, 1.82) is 0 Å². The van der Waals surface area contributed by atoms with E-state index in [-0.39, 0.29) is 12.3 Å². The molecule has 0 saturated carbocycles. The number of hydrogen-bond acceptors (Lipinski definition) is 6. The summed E-state index contributed by atoms with van der Waals surface area (Å²) >= 11 is 4.92. The Hall–Kier alpha value is -2.72. The van der Waals surface area contributed by atoms with E-state index in [1.54, 1.807) is 15.4 Å². The third kappa shape index (κ3) is 3.90. The molecule has 8 nitrogen and oxygen atoms in total. The largest absolute Gasteiger partial charge is 0.324 e. The maximum atomic E-state index is 12.9. The van der Waals surface area contributed by atoms with Gasteiger partial charge in [0, 0.05) is 33.8 Å². The SMILES string of the molecule is CSc1nc2nc(C)c(CC(=O)Nc3cc(Br)ccc3-n3cccn3)c(C)n2n1. The zero-order chi connectivity index (χ0) is 20.5. The monoisotopic (exact) mass is 471 g/mol. The Balaban J connectivity index is 1.64. The highest BCUT2D eigenvalue weighted by Gasteiger charge is 2.17. The van der Waals surface area contributed by atoms with Crippen molar-refractivity contribution >= 4 is 45.1 Å². The maximum Gasteiger partial charge on any atom is 0.253 e. The van der Waals surface area contributed by atoms with Crippen LogP contribution in [0.25, 0.3) is 11.5 Å². The average Bonchev–Trinajstić information content (AvgIpc) is 3.35. The quantitative estimate of drug-likeness (QED) is 0.447. The van der Waals surface area contributed by atoms with Gasteiger partial charge in [-0.25, -0.2) is 14.2 Å². The summed E-state index contributed by atoms with van der Waals surface area (Å²) in [6.07, 6.45) is 5.63. The van der Waals surface area contributed by atoms with E-state index in [2.05, 4.69) is 41.4 Å². The molecule has 10 heteroatoms. The minimum Gasteiger partial charge on any atom is -0.324 e. The Morgan fingerprint density at radius 2 is 2.10 bits per heavy atom. The number of aromatic nitrogens is 6. The Bertz CT molecular complexity index is 1200. The topological polar surface area (TPSA) is 90.0 Å². The molecule has 0 atom stereocenters. The lowest BCUT2D eigenvalue weighted by Gasteiger charge is -2.13. The van der Waals surface area contributed by atoms with Gasteiger partial charge in [-0.1, -0.05) is 27.7 Å². The first-order valence-corrected chi connectivity index (χ1v) is 10.8. The van der Waals surface area contributed by atoms with E-state index in [1.165, 1.54) is 11.8 Å². The van der Waals surface area contributed by atoms with Crippen LogP contribution < -0.4 is 5.32 Å². The zero-order valence-electron chi connectivity index (χ0n) is 16.0. The van der Waals surface area contributed by atoms with Crippen LogP contribution in [0.5, 0.6) is 0 Å². The molecule has 0 aliphatic rings. The molecule has 0 bridgehead atoms. The molecular formula is C19H18BrN7OS. The van der Waals surface area contributed by atoms with Gasteiger partial charge in [-0.15, -0.1) is 5.10 Å². The number of nitrogens with zero attached hydrogens (tertiary/aromatic N) is 6. The minimum absolute atomic E-state index is 0.144. The highest BCUT2D eigenvalue weighted by atomic mass is 79.9. The van der Waals surface area contributed by atoms with Gasteiger partial charge in [-0.3, -0.25) is 4.79 Å². The average molecular weight is 472 g/mol. The summed E-state index contributed by atoms with van der Waals surface area (Å²) in [5.41, 5.74) is 3.92. The van der Waals surface area contributed by atoms with E-state index in [0.717, 1.165) is 27.1 Å². The number of thioether (sulfide) groups is 1. The van der Waals surface area contributed by atoms with Gasteiger partial charge in [0.1, 0.15) is 0 Å². The van der Waals surface area contributed by atoms with E-state index in [1.807, 2.05) is 50.6 Å². The van der Waals surface area contributed by atoms with E-state index >= 15 is 0 Å². The number of carbonyl (C=O) groups is 1. The zero-order valence-corrected chi connectivity index (χ0v) is 18.5. The summed E-state index contributed by atoms with van der Waals surface area (Å²) in [5, 5.41) is 12.4. The Kier molecular flexibility index (Phi) is 5.37. The van der Waals surface area contributed by atoms with Gasteiger partial charge >= 0.3 is 0 Å². The standard InChI is InChI=1S/C19H18BrN7OS/c1-11-14(12(2)27-18(22-11)24-19(25-27)29-3)10-17(28)23-15-9-13(20)5-6-16(15)26-8-4-7-21-26/h4-9H,10H2,1-3H3,(H,23,28). The Morgan fingerprint density at radius 1 is 1.28 bits per heavy atom. The summed E-state index contributed by atoms with van der Waals surface area (Å²) in [6.45, 7) is 3.81. The molecule has 0 aliphatic carbocycles. The molecule has 1 N–H and O–H groups in total. The summed E-state index contributed by atoms with van der Waals surface area (Å²) in [5.74, 6) is 0.399. The first kappa shape index (κ1) is 19.6. The van der Waals surface area contributed by atoms with Gasteiger partial charge in [0.25, 0.3) is 5.78 Å². The molecular weight excluding hydrogens is 454 g/mol. The normalized spacial score (nSPS) is 11.2. The second-order valence-corrected chi connectivity index (χ2v) is 8.10. The molecule has 0 spiro atoms. The fourth-order valence-electron chi connectivity index (χ4n) is 3.11. The van der Waals surface area contributed by atoms with Crippen molar-refractivity contribution < 1.29 is 4.79 Å². The fraction of sp³-hybridized carbons (Fsp3) is 0.211. The molecule has 0 fully saturated rings. The molecule has 4 aromatic rings. The number of benzene rings is 1. The number of rotatable bonds is 5. The van der Waals surface area contributed by atoms with Crippen LogP contribution in [-0.2, 0) is 11.2 Å². The van der Waals surface area contributed by atoms with Gasteiger partial charge in [-0.05, 0) is 44.4 Å². The first-order chi connectivity index (χ1) is 14.0. The van der Waals surface area contributed by atoms with Gasteiger partial charge in [0.05, 0.1) is 17.8 Å². The summed E-state index contributed by atoms with van der Waals surface area (Å²) < 4.78 is 4.27. The number of anilines is 1. The number of carbonyl (C=O) groups excluding carboxylic acids is 1. The fourth-order valence-corrected chi connectivity index (χ4v) is 3.80. The maximum absolute atomic E-state index is 12.9. The first-order valence-electron chi connectivity index (χ1n) is 8.82. The molecule has 3 aromatic heterocycles. The molecule has 0 unspecified atom stereocenters. The predicted molar refractivity (Wildman–Crippen MR) is 116 cm³/mol. The van der Waals surface area contributed by atoms with Gasteiger partial charge < -0.3 is 5.32 Å². The second-order valence-electron chi connectivity index (χ2n) is 6.41. The summed E-state index contributed by atoms with van der Waals surface area (Å²) in [4.78, 5) is 21.8. The van der Waals surface area contributed by atoms with Gasteiger partial charge in [0.2, 0.25) is 11.1 Å². The van der Waals surface area contributed by atoms with E-state index < -0.39 is 0 Å². The number of fused-ring (bicyclic) bond motifs is 1. The molecule has 148 valence electrons.